The molecule has 2 aliphatic heterocycles. The zero-order valence-corrected chi connectivity index (χ0v) is 15.3. The highest BCUT2D eigenvalue weighted by molar-refractivity contribution is 5.77. The number of rotatable bonds is 5. The number of aryl methyl sites for hydroxylation is 2. The Labute approximate surface area is 154 Å². The number of nitrogens with zero attached hydrogens (tertiary/aromatic N) is 6. The number of imidazole rings is 1. The highest BCUT2D eigenvalue weighted by atomic mass is 16.2. The van der Waals surface area contributed by atoms with Crippen molar-refractivity contribution in [2.24, 2.45) is 5.92 Å². The molecule has 0 aliphatic carbocycles. The number of likely N-dealkylation sites (tertiary alicyclic amines) is 1. The average Bonchev–Trinajstić information content (AvgIpc) is 3.17. The van der Waals surface area contributed by atoms with E-state index in [2.05, 4.69) is 35.6 Å². The average molecular weight is 354 g/mol. The molecule has 7 nitrogen and oxygen atoms in total. The predicted molar refractivity (Wildman–Crippen MR) is 98.7 cm³/mol. The van der Waals surface area contributed by atoms with E-state index >= 15 is 0 Å². The molecule has 138 valence electrons. The summed E-state index contributed by atoms with van der Waals surface area (Å²) in [5, 5.41) is 8.52. The molecule has 2 fully saturated rings. The van der Waals surface area contributed by atoms with Gasteiger partial charge in [-0.3, -0.25) is 4.79 Å². The molecule has 4 rings (SSSR count). The van der Waals surface area contributed by atoms with Gasteiger partial charge in [0, 0.05) is 51.0 Å². The van der Waals surface area contributed by atoms with Crippen molar-refractivity contribution in [1.82, 2.24) is 24.6 Å². The van der Waals surface area contributed by atoms with Crippen LogP contribution in [0, 0.1) is 12.8 Å². The van der Waals surface area contributed by atoms with Crippen molar-refractivity contribution in [3.8, 4) is 0 Å². The zero-order chi connectivity index (χ0) is 17.9. The van der Waals surface area contributed by atoms with Crippen molar-refractivity contribution in [3.05, 3.63) is 36.5 Å². The van der Waals surface area contributed by atoms with Crippen LogP contribution in [0.5, 0.6) is 0 Å². The summed E-state index contributed by atoms with van der Waals surface area (Å²) >= 11 is 0. The van der Waals surface area contributed by atoms with E-state index in [0.29, 0.717) is 24.3 Å². The van der Waals surface area contributed by atoms with Gasteiger partial charge >= 0.3 is 0 Å². The van der Waals surface area contributed by atoms with E-state index in [0.717, 1.165) is 57.0 Å². The Kier molecular flexibility index (Phi) is 4.86. The minimum Gasteiger partial charge on any atom is -0.355 e. The number of hydrogen-bond donors (Lipinski definition) is 0. The van der Waals surface area contributed by atoms with Gasteiger partial charge in [-0.2, -0.15) is 5.10 Å². The molecule has 2 aliphatic rings. The molecule has 0 spiro atoms. The van der Waals surface area contributed by atoms with Crippen molar-refractivity contribution >= 4 is 11.7 Å². The summed E-state index contributed by atoms with van der Waals surface area (Å²) in [6.45, 7) is 5.60. The molecule has 2 atom stereocenters. The van der Waals surface area contributed by atoms with Crippen LogP contribution < -0.4 is 4.90 Å². The lowest BCUT2D eigenvalue weighted by Gasteiger charge is -2.47. The van der Waals surface area contributed by atoms with Crippen LogP contribution in [0.25, 0.3) is 0 Å². The Balaban J connectivity index is 1.37. The number of fused-ring (bicyclic) bond motifs is 1. The molecule has 2 saturated heterocycles. The quantitative estimate of drug-likeness (QED) is 0.820. The first-order chi connectivity index (χ1) is 12.7. The molecule has 26 heavy (non-hydrogen) atoms. The first-order valence-corrected chi connectivity index (χ1v) is 9.51. The van der Waals surface area contributed by atoms with Gasteiger partial charge < -0.3 is 14.4 Å². The predicted octanol–water partition coefficient (Wildman–Crippen LogP) is 1.89. The molecule has 1 amide bonds. The third-order valence-corrected chi connectivity index (χ3v) is 5.63. The van der Waals surface area contributed by atoms with Crippen LogP contribution in [-0.4, -0.2) is 56.2 Å². The van der Waals surface area contributed by atoms with Crippen LogP contribution >= 0.6 is 0 Å². The molecule has 0 N–H and O–H groups in total. The summed E-state index contributed by atoms with van der Waals surface area (Å²) in [6, 6.07) is 4.44. The number of carbonyl (C=O) groups excluding carboxylic acids is 1. The Morgan fingerprint density at radius 1 is 1.19 bits per heavy atom. The fourth-order valence-electron chi connectivity index (χ4n) is 4.25. The lowest BCUT2D eigenvalue weighted by molar-refractivity contribution is -0.139. The van der Waals surface area contributed by atoms with E-state index in [1.807, 2.05) is 25.5 Å². The molecule has 0 saturated carbocycles. The SMILES string of the molecule is Cc1ccc(N2CC[C@@H]3[C@@H](CCC(=O)N3CCCn3ccnc3)C2)nn1. The molecule has 7 heteroatoms. The molecule has 0 unspecified atom stereocenters. The van der Waals surface area contributed by atoms with Gasteiger partial charge in [-0.05, 0) is 44.2 Å². The van der Waals surface area contributed by atoms with Gasteiger partial charge in [0.25, 0.3) is 0 Å². The summed E-state index contributed by atoms with van der Waals surface area (Å²) < 4.78 is 2.07. The maximum Gasteiger partial charge on any atom is 0.222 e. The van der Waals surface area contributed by atoms with Crippen LogP contribution in [0.15, 0.2) is 30.9 Å². The topological polar surface area (TPSA) is 67.2 Å². The Hall–Kier alpha value is -2.44. The first-order valence-electron chi connectivity index (χ1n) is 9.51. The number of carbonyl (C=O) groups is 1. The van der Waals surface area contributed by atoms with Crippen LogP contribution in [0.4, 0.5) is 5.82 Å². The van der Waals surface area contributed by atoms with Crippen molar-refractivity contribution in [2.75, 3.05) is 24.5 Å². The van der Waals surface area contributed by atoms with Gasteiger partial charge in [0.15, 0.2) is 5.82 Å². The second-order valence-electron chi connectivity index (χ2n) is 7.37. The molecule has 2 aromatic rings. The summed E-state index contributed by atoms with van der Waals surface area (Å²) in [6.07, 6.45) is 9.24. The van der Waals surface area contributed by atoms with Crippen LogP contribution in [-0.2, 0) is 11.3 Å². The summed E-state index contributed by atoms with van der Waals surface area (Å²) in [7, 11) is 0. The molecule has 0 bridgehead atoms. The minimum atomic E-state index is 0.320. The maximum atomic E-state index is 12.5. The van der Waals surface area contributed by atoms with Gasteiger partial charge in [0.05, 0.1) is 12.0 Å². The number of hydrogen-bond acceptors (Lipinski definition) is 5. The van der Waals surface area contributed by atoms with Crippen molar-refractivity contribution in [2.45, 2.75) is 45.2 Å². The second-order valence-corrected chi connectivity index (χ2v) is 7.37. The van der Waals surface area contributed by atoms with E-state index in [1.165, 1.54) is 0 Å². The fraction of sp³-hybridized carbons (Fsp3) is 0.579. The Morgan fingerprint density at radius 2 is 2.12 bits per heavy atom. The molecular formula is C19H26N6O. The van der Waals surface area contributed by atoms with Crippen LogP contribution in [0.3, 0.4) is 0 Å². The van der Waals surface area contributed by atoms with Crippen molar-refractivity contribution in [3.63, 3.8) is 0 Å². The molecule has 0 aromatic carbocycles. The van der Waals surface area contributed by atoms with E-state index < -0.39 is 0 Å². The third kappa shape index (κ3) is 3.57. The van der Waals surface area contributed by atoms with E-state index in [-0.39, 0.29) is 0 Å². The standard InChI is InChI=1S/C19H26N6O/c1-15-3-5-18(22-21-15)24-11-7-17-16(13-24)4-6-19(26)25(17)10-2-9-23-12-8-20-14-23/h3,5,8,12,14,16-17H,2,4,6-7,9-11,13H2,1H3/t16-,17+/m0/s1. The lowest BCUT2D eigenvalue weighted by atomic mass is 9.83. The van der Waals surface area contributed by atoms with Crippen molar-refractivity contribution < 1.29 is 4.79 Å². The van der Waals surface area contributed by atoms with Gasteiger partial charge in [0.2, 0.25) is 5.91 Å². The van der Waals surface area contributed by atoms with Crippen LogP contribution in [0.2, 0.25) is 0 Å². The third-order valence-electron chi connectivity index (χ3n) is 5.63. The Morgan fingerprint density at radius 3 is 2.88 bits per heavy atom. The lowest BCUT2D eigenvalue weighted by Crippen LogP contribution is -2.56. The summed E-state index contributed by atoms with van der Waals surface area (Å²) in [4.78, 5) is 21.0. The number of anilines is 1. The number of aromatic nitrogens is 4. The Bertz CT molecular complexity index is 729. The van der Waals surface area contributed by atoms with Gasteiger partial charge in [-0.15, -0.1) is 5.10 Å². The smallest absolute Gasteiger partial charge is 0.222 e. The normalized spacial score (nSPS) is 23.2. The van der Waals surface area contributed by atoms with Crippen LogP contribution in [0.1, 0.15) is 31.4 Å². The number of piperidine rings is 2. The highest BCUT2D eigenvalue weighted by Crippen LogP contribution is 2.32. The van der Waals surface area contributed by atoms with Gasteiger partial charge in [-0.25, -0.2) is 4.98 Å². The maximum absolute atomic E-state index is 12.5. The monoisotopic (exact) mass is 354 g/mol. The minimum absolute atomic E-state index is 0.320. The largest absolute Gasteiger partial charge is 0.355 e. The molecule has 4 heterocycles. The summed E-state index contributed by atoms with van der Waals surface area (Å²) in [5.74, 6) is 1.80. The van der Waals surface area contributed by atoms with E-state index in [9.17, 15) is 4.79 Å². The molecule has 2 aromatic heterocycles. The van der Waals surface area contributed by atoms with E-state index in [1.54, 1.807) is 6.20 Å². The van der Waals surface area contributed by atoms with Gasteiger partial charge in [-0.1, -0.05) is 0 Å². The van der Waals surface area contributed by atoms with E-state index in [4.69, 9.17) is 0 Å². The van der Waals surface area contributed by atoms with Gasteiger partial charge in [0.1, 0.15) is 0 Å². The highest BCUT2D eigenvalue weighted by Gasteiger charge is 2.39. The zero-order valence-electron chi connectivity index (χ0n) is 15.3. The second kappa shape index (κ2) is 7.43. The molecular weight excluding hydrogens is 328 g/mol. The fourth-order valence-corrected chi connectivity index (χ4v) is 4.25. The number of amides is 1. The summed E-state index contributed by atoms with van der Waals surface area (Å²) in [5.41, 5.74) is 0.941. The first kappa shape index (κ1) is 17.0. The molecule has 0 radical (unpaired) electrons. The van der Waals surface area contributed by atoms with Crippen molar-refractivity contribution in [1.29, 1.82) is 0 Å².